The Balaban J connectivity index is 1.16. The number of carbonyl (C=O) groups is 2. The molecule has 0 amide bonds. The molecule has 2 aliphatic heterocycles. The van der Waals surface area contributed by atoms with Gasteiger partial charge in [-0.15, -0.1) is 0 Å². The van der Waals surface area contributed by atoms with E-state index >= 15 is 0 Å². The summed E-state index contributed by atoms with van der Waals surface area (Å²) in [4.78, 5) is 36.6. The molecule has 0 spiro atoms. The van der Waals surface area contributed by atoms with Crippen LogP contribution in [-0.2, 0) is 29.2 Å². The molecule has 2 aromatic carbocycles. The van der Waals surface area contributed by atoms with E-state index in [0.717, 1.165) is 24.2 Å². The van der Waals surface area contributed by atoms with Crippen LogP contribution in [0.4, 0.5) is 4.39 Å². The molecule has 0 bridgehead atoms. The van der Waals surface area contributed by atoms with Gasteiger partial charge in [0.1, 0.15) is 18.2 Å². The maximum atomic E-state index is 14.2. The Morgan fingerprint density at radius 3 is 2.76 bits per heavy atom. The van der Waals surface area contributed by atoms with E-state index in [1.807, 2.05) is 10.6 Å². The summed E-state index contributed by atoms with van der Waals surface area (Å²) in [6.45, 7) is 2.68. The Hall–Kier alpha value is -3.86. The van der Waals surface area contributed by atoms with E-state index in [-0.39, 0.29) is 36.5 Å². The summed E-state index contributed by atoms with van der Waals surface area (Å²) in [5.41, 5.74) is 2.66. The first-order chi connectivity index (χ1) is 20.3. The highest BCUT2D eigenvalue weighted by atomic mass is 35.5. The quantitative estimate of drug-likeness (QED) is 0.281. The van der Waals surface area contributed by atoms with E-state index in [9.17, 15) is 19.1 Å². The molecule has 2 unspecified atom stereocenters. The summed E-state index contributed by atoms with van der Waals surface area (Å²) >= 11 is 5.84. The summed E-state index contributed by atoms with van der Waals surface area (Å²) in [5.74, 6) is -0.671. The fourth-order valence-electron chi connectivity index (χ4n) is 5.50. The van der Waals surface area contributed by atoms with Crippen LogP contribution in [0.2, 0.25) is 5.02 Å². The molecule has 2 aliphatic rings. The predicted octanol–water partition coefficient (Wildman–Crippen LogP) is 5.24. The summed E-state index contributed by atoms with van der Waals surface area (Å²) < 4.78 is 27.6. The van der Waals surface area contributed by atoms with Crippen molar-refractivity contribution in [3.63, 3.8) is 0 Å². The van der Waals surface area contributed by atoms with Crippen molar-refractivity contribution < 1.29 is 28.6 Å². The number of aromatic nitrogens is 3. The zero-order valence-corrected chi connectivity index (χ0v) is 23.6. The number of halogens is 2. The van der Waals surface area contributed by atoms with Gasteiger partial charge in [0.15, 0.2) is 5.78 Å². The number of rotatable bonds is 9. The van der Waals surface area contributed by atoms with Crippen LogP contribution in [-0.4, -0.2) is 62.1 Å². The maximum absolute atomic E-state index is 14.2. The van der Waals surface area contributed by atoms with Crippen molar-refractivity contribution in [3.8, 4) is 5.88 Å². The maximum Gasteiger partial charge on any atom is 0.335 e. The number of hydrogen-bond donors (Lipinski definition) is 1. The number of aromatic carboxylic acids is 1. The SMILES string of the molecule is O=C(O)c1ccc2nc(CN3CCCC(c4cccc(OCc5ccc(Cl)cc5F)n4)C(=O)C3)n(CC3CCO3)c2c1. The Morgan fingerprint density at radius 2 is 2.00 bits per heavy atom. The van der Waals surface area contributed by atoms with Crippen LogP contribution in [0.15, 0.2) is 54.6 Å². The molecule has 0 saturated carbocycles. The monoisotopic (exact) mass is 592 g/mol. The third-order valence-corrected chi connectivity index (χ3v) is 8.08. The lowest BCUT2D eigenvalue weighted by Crippen LogP contribution is -2.34. The number of carboxylic acids is 1. The lowest BCUT2D eigenvalue weighted by Gasteiger charge is -2.28. The molecule has 2 aromatic heterocycles. The van der Waals surface area contributed by atoms with E-state index in [1.165, 1.54) is 6.07 Å². The molecule has 0 radical (unpaired) electrons. The summed E-state index contributed by atoms with van der Waals surface area (Å²) in [6, 6.07) is 14.7. The predicted molar refractivity (Wildman–Crippen MR) is 153 cm³/mol. The van der Waals surface area contributed by atoms with Gasteiger partial charge in [-0.1, -0.05) is 23.7 Å². The Morgan fingerprint density at radius 1 is 1.14 bits per heavy atom. The van der Waals surface area contributed by atoms with Gasteiger partial charge in [-0.2, -0.15) is 0 Å². The van der Waals surface area contributed by atoms with Gasteiger partial charge in [0.2, 0.25) is 5.88 Å². The second kappa shape index (κ2) is 12.2. The van der Waals surface area contributed by atoms with E-state index in [4.69, 9.17) is 26.1 Å². The number of benzene rings is 2. The molecule has 2 atom stereocenters. The van der Waals surface area contributed by atoms with Crippen molar-refractivity contribution in [2.75, 3.05) is 19.7 Å². The minimum absolute atomic E-state index is 0.00724. The first kappa shape index (κ1) is 28.3. The van der Waals surface area contributed by atoms with Gasteiger partial charge in [0.25, 0.3) is 0 Å². The molecule has 1 N–H and O–H groups in total. The first-order valence-electron chi connectivity index (χ1n) is 14.0. The number of hydrogen-bond acceptors (Lipinski definition) is 7. The third kappa shape index (κ3) is 6.16. The normalized spacial score (nSPS) is 19.4. The van der Waals surface area contributed by atoms with Crippen LogP contribution in [0.3, 0.4) is 0 Å². The molecule has 4 heterocycles. The lowest BCUT2D eigenvalue weighted by atomic mass is 9.95. The van der Waals surface area contributed by atoms with E-state index in [2.05, 4.69) is 9.88 Å². The van der Waals surface area contributed by atoms with Gasteiger partial charge in [-0.25, -0.2) is 19.2 Å². The highest BCUT2D eigenvalue weighted by Crippen LogP contribution is 2.28. The minimum Gasteiger partial charge on any atom is -0.478 e. The van der Waals surface area contributed by atoms with Gasteiger partial charge in [-0.3, -0.25) is 9.69 Å². The molecule has 6 rings (SSSR count). The zero-order valence-electron chi connectivity index (χ0n) is 22.8. The van der Waals surface area contributed by atoms with Crippen molar-refractivity contribution >= 4 is 34.4 Å². The third-order valence-electron chi connectivity index (χ3n) is 7.85. The number of pyridine rings is 1. The van der Waals surface area contributed by atoms with Gasteiger partial charge in [-0.05, 0) is 62.2 Å². The summed E-state index contributed by atoms with van der Waals surface area (Å²) in [6.07, 6.45) is 2.42. The molecule has 2 fully saturated rings. The molecule has 42 heavy (non-hydrogen) atoms. The van der Waals surface area contributed by atoms with Crippen LogP contribution in [0.5, 0.6) is 5.88 Å². The number of likely N-dealkylation sites (tertiary alicyclic amines) is 1. The number of carboxylic acid groups (broad SMARTS) is 1. The standard InChI is InChI=1S/C31H30ClFN4O5/c32-21-8-6-20(24(33)14-21)18-42-30-5-1-4-25(35-30)23-3-2-11-36(16-28(23)38)17-29-34-26-9-7-19(31(39)40)13-27(26)37(29)15-22-10-12-41-22/h1,4-9,13-14,22-23H,2-3,10-12,15-18H2,(H,39,40). The highest BCUT2D eigenvalue weighted by Gasteiger charge is 2.29. The van der Waals surface area contributed by atoms with Crippen LogP contribution in [0.25, 0.3) is 11.0 Å². The van der Waals surface area contributed by atoms with Gasteiger partial charge in [0.05, 0.1) is 53.9 Å². The van der Waals surface area contributed by atoms with Gasteiger partial charge >= 0.3 is 5.97 Å². The number of carbonyl (C=O) groups excluding carboxylic acids is 1. The molecule has 11 heteroatoms. The van der Waals surface area contributed by atoms with Crippen LogP contribution < -0.4 is 4.74 Å². The lowest BCUT2D eigenvalue weighted by molar-refractivity contribution is -0.121. The fraction of sp³-hybridized carbons (Fsp3) is 0.355. The first-order valence-corrected chi connectivity index (χ1v) is 14.3. The molecule has 2 saturated heterocycles. The Labute approximate surface area is 246 Å². The van der Waals surface area contributed by atoms with Crippen molar-refractivity contribution in [1.29, 1.82) is 0 Å². The minimum atomic E-state index is -0.990. The van der Waals surface area contributed by atoms with E-state index < -0.39 is 11.8 Å². The number of nitrogens with zero attached hydrogens (tertiary/aromatic N) is 4. The van der Waals surface area contributed by atoms with Crippen molar-refractivity contribution in [2.45, 2.75) is 51.0 Å². The van der Waals surface area contributed by atoms with E-state index in [0.29, 0.717) is 60.3 Å². The van der Waals surface area contributed by atoms with Crippen LogP contribution in [0, 0.1) is 5.82 Å². The fourth-order valence-corrected chi connectivity index (χ4v) is 5.65. The van der Waals surface area contributed by atoms with E-state index in [1.54, 1.807) is 42.5 Å². The number of fused-ring (bicyclic) bond motifs is 1. The van der Waals surface area contributed by atoms with Crippen molar-refractivity contribution in [3.05, 3.63) is 88.1 Å². The largest absolute Gasteiger partial charge is 0.478 e. The topological polar surface area (TPSA) is 107 Å². The molecule has 4 aromatic rings. The number of ether oxygens (including phenoxy) is 2. The molecule has 9 nitrogen and oxygen atoms in total. The van der Waals surface area contributed by atoms with Gasteiger partial charge in [0, 0.05) is 23.3 Å². The van der Waals surface area contributed by atoms with Gasteiger partial charge < -0.3 is 19.1 Å². The molecular weight excluding hydrogens is 563 g/mol. The second-order valence-corrected chi connectivity index (χ2v) is 11.2. The zero-order chi connectivity index (χ0) is 29.2. The van der Waals surface area contributed by atoms with Crippen LogP contribution >= 0.6 is 11.6 Å². The van der Waals surface area contributed by atoms with Crippen molar-refractivity contribution in [1.82, 2.24) is 19.4 Å². The smallest absolute Gasteiger partial charge is 0.335 e. The summed E-state index contributed by atoms with van der Waals surface area (Å²) in [7, 11) is 0. The number of ketones is 1. The average Bonchev–Trinajstić information content (AvgIpc) is 3.16. The number of Topliss-reactive ketones (excluding diaryl/α,β-unsaturated/α-hetero) is 1. The average molecular weight is 593 g/mol. The molecule has 218 valence electrons. The second-order valence-electron chi connectivity index (χ2n) is 10.7. The molecule has 0 aliphatic carbocycles. The van der Waals surface area contributed by atoms with Crippen molar-refractivity contribution in [2.24, 2.45) is 0 Å². The molecular formula is C31H30ClFN4O5. The highest BCUT2D eigenvalue weighted by molar-refractivity contribution is 6.30. The van der Waals surface area contributed by atoms with Crippen LogP contribution in [0.1, 0.15) is 52.6 Å². The Bertz CT molecular complexity index is 1640. The Kier molecular flexibility index (Phi) is 8.19. The number of imidazole rings is 1. The summed E-state index contributed by atoms with van der Waals surface area (Å²) in [5, 5.41) is 9.82.